The molecule has 0 aromatic heterocycles. The minimum Gasteiger partial charge on any atom is -0.308 e. The van der Waals surface area contributed by atoms with Crippen molar-refractivity contribution in [1.29, 1.82) is 0 Å². The van der Waals surface area contributed by atoms with Crippen molar-refractivity contribution < 1.29 is 4.79 Å². The fraction of sp³-hybridized carbons (Fsp3) is 0.812. The van der Waals surface area contributed by atoms with Crippen molar-refractivity contribution in [3.05, 3.63) is 12.2 Å². The summed E-state index contributed by atoms with van der Waals surface area (Å²) in [5.41, 5.74) is 0.600. The molecule has 20 heavy (non-hydrogen) atoms. The molecule has 0 bridgehead atoms. The number of carbonyl (C=O) groups excluding carboxylic acids is 1. The highest BCUT2D eigenvalue weighted by atomic mass is 16.2. The van der Waals surface area contributed by atoms with E-state index in [1.165, 1.54) is 0 Å². The Hall–Kier alpha value is -0.870. The van der Waals surface area contributed by atoms with Crippen molar-refractivity contribution in [2.45, 2.75) is 60.8 Å². The van der Waals surface area contributed by atoms with E-state index in [0.717, 1.165) is 26.2 Å². The monoisotopic (exact) mass is 283 g/mol. The Bertz CT molecular complexity index is 291. The minimum atomic E-state index is 0.0452. The second kappa shape index (κ2) is 9.14. The van der Waals surface area contributed by atoms with E-state index < -0.39 is 0 Å². The number of hydrogen-bond acceptors (Lipinski definition) is 3. The molecule has 1 amide bonds. The molecule has 0 heterocycles. The van der Waals surface area contributed by atoms with Crippen molar-refractivity contribution in [3.8, 4) is 0 Å². The molecule has 0 aliphatic heterocycles. The lowest BCUT2D eigenvalue weighted by molar-refractivity contribution is -0.141. The molecule has 0 aromatic rings. The second-order valence-electron chi connectivity index (χ2n) is 5.20. The number of carbonyl (C=O) groups is 1. The highest BCUT2D eigenvalue weighted by Gasteiger charge is 2.30. The predicted octanol–water partition coefficient (Wildman–Crippen LogP) is 2.77. The Labute approximate surface area is 125 Å². The van der Waals surface area contributed by atoms with Crippen LogP contribution in [0.1, 0.15) is 48.5 Å². The lowest BCUT2D eigenvalue weighted by Gasteiger charge is -2.44. The van der Waals surface area contributed by atoms with Crippen molar-refractivity contribution in [3.63, 3.8) is 0 Å². The van der Waals surface area contributed by atoms with Gasteiger partial charge in [-0.15, -0.1) is 0 Å². The third-order valence-electron chi connectivity index (χ3n) is 4.09. The maximum Gasteiger partial charge on any atom is 0.251 e. The molecule has 0 spiro atoms. The van der Waals surface area contributed by atoms with E-state index in [2.05, 4.69) is 57.9 Å². The third-order valence-corrected chi connectivity index (χ3v) is 4.09. The SMILES string of the molecule is C=C(C)C(=O)N(C(C)N(CC)CC)C(C)N(CC)CC. The Morgan fingerprint density at radius 3 is 1.40 bits per heavy atom. The summed E-state index contributed by atoms with van der Waals surface area (Å²) >= 11 is 0. The van der Waals surface area contributed by atoms with Gasteiger partial charge in [0, 0.05) is 5.57 Å². The molecule has 0 saturated heterocycles. The van der Waals surface area contributed by atoms with Gasteiger partial charge < -0.3 is 4.90 Å². The van der Waals surface area contributed by atoms with Gasteiger partial charge >= 0.3 is 0 Å². The Morgan fingerprint density at radius 2 is 1.20 bits per heavy atom. The highest BCUT2D eigenvalue weighted by molar-refractivity contribution is 5.92. The minimum absolute atomic E-state index is 0.0452. The van der Waals surface area contributed by atoms with Crippen molar-refractivity contribution >= 4 is 5.91 Å². The van der Waals surface area contributed by atoms with Crippen LogP contribution >= 0.6 is 0 Å². The van der Waals surface area contributed by atoms with Gasteiger partial charge in [0.15, 0.2) is 0 Å². The zero-order valence-corrected chi connectivity index (χ0v) is 14.4. The van der Waals surface area contributed by atoms with Crippen LogP contribution in [0, 0.1) is 0 Å². The molecule has 4 nitrogen and oxygen atoms in total. The molecule has 0 aliphatic rings. The topological polar surface area (TPSA) is 26.8 Å². The van der Waals surface area contributed by atoms with E-state index in [4.69, 9.17) is 0 Å². The lowest BCUT2D eigenvalue weighted by atomic mass is 10.2. The molecule has 0 rings (SSSR count). The fourth-order valence-electron chi connectivity index (χ4n) is 2.73. The second-order valence-corrected chi connectivity index (χ2v) is 5.20. The average Bonchev–Trinajstić information content (AvgIpc) is 2.41. The molecule has 0 fully saturated rings. The van der Waals surface area contributed by atoms with Gasteiger partial charge in [-0.25, -0.2) is 0 Å². The Morgan fingerprint density at radius 1 is 0.900 bits per heavy atom. The molecule has 0 saturated carbocycles. The number of hydrogen-bond donors (Lipinski definition) is 0. The zero-order valence-electron chi connectivity index (χ0n) is 14.4. The first-order valence-electron chi connectivity index (χ1n) is 7.81. The van der Waals surface area contributed by atoms with Gasteiger partial charge in [-0.1, -0.05) is 34.3 Å². The van der Waals surface area contributed by atoms with Gasteiger partial charge in [0.25, 0.3) is 5.91 Å². The van der Waals surface area contributed by atoms with E-state index in [-0.39, 0.29) is 18.2 Å². The van der Waals surface area contributed by atoms with Crippen molar-refractivity contribution in [1.82, 2.24) is 14.7 Å². The lowest BCUT2D eigenvalue weighted by Crippen LogP contribution is -2.58. The highest BCUT2D eigenvalue weighted by Crippen LogP contribution is 2.16. The van der Waals surface area contributed by atoms with Gasteiger partial charge in [0.05, 0.1) is 12.3 Å². The average molecular weight is 283 g/mol. The number of nitrogens with zero attached hydrogens (tertiary/aromatic N) is 3. The van der Waals surface area contributed by atoms with E-state index in [1.807, 2.05) is 4.90 Å². The van der Waals surface area contributed by atoms with Crippen LogP contribution in [-0.4, -0.2) is 59.1 Å². The summed E-state index contributed by atoms with van der Waals surface area (Å²) in [5.74, 6) is 0.0452. The maximum absolute atomic E-state index is 12.6. The van der Waals surface area contributed by atoms with Crippen LogP contribution in [0.15, 0.2) is 12.2 Å². The number of rotatable bonds is 9. The first kappa shape index (κ1) is 19.1. The first-order valence-corrected chi connectivity index (χ1v) is 7.81. The molecule has 0 N–H and O–H groups in total. The summed E-state index contributed by atoms with van der Waals surface area (Å²) in [7, 11) is 0. The van der Waals surface area contributed by atoms with Crippen LogP contribution in [0.3, 0.4) is 0 Å². The number of amides is 1. The summed E-state index contributed by atoms with van der Waals surface area (Å²) in [6.07, 6.45) is 0.148. The van der Waals surface area contributed by atoms with Gasteiger partial charge in [0.2, 0.25) is 0 Å². The quantitative estimate of drug-likeness (QED) is 0.481. The zero-order chi connectivity index (χ0) is 15.9. The third kappa shape index (κ3) is 4.60. The van der Waals surface area contributed by atoms with Crippen LogP contribution in [0.25, 0.3) is 0 Å². The first-order chi connectivity index (χ1) is 9.35. The standard InChI is InChI=1S/C16H33N3O/c1-9-17(10-2)14(7)19(16(20)13(5)6)15(8)18(11-3)12-4/h14-15H,5,9-12H2,1-4,6-8H3. The van der Waals surface area contributed by atoms with Gasteiger partial charge in [-0.2, -0.15) is 0 Å². The van der Waals surface area contributed by atoms with E-state index in [1.54, 1.807) is 6.92 Å². The van der Waals surface area contributed by atoms with Gasteiger partial charge in [-0.3, -0.25) is 14.6 Å². The molecule has 0 aromatic carbocycles. The predicted molar refractivity (Wildman–Crippen MR) is 86.4 cm³/mol. The molecule has 4 heteroatoms. The molecule has 2 atom stereocenters. The Balaban J connectivity index is 5.37. The smallest absolute Gasteiger partial charge is 0.251 e. The normalized spacial score (nSPS) is 14.4. The van der Waals surface area contributed by atoms with Crippen molar-refractivity contribution in [2.24, 2.45) is 0 Å². The van der Waals surface area contributed by atoms with E-state index in [0.29, 0.717) is 5.57 Å². The molecule has 118 valence electrons. The molecular weight excluding hydrogens is 250 g/mol. The van der Waals surface area contributed by atoms with E-state index >= 15 is 0 Å². The van der Waals surface area contributed by atoms with Crippen LogP contribution < -0.4 is 0 Å². The van der Waals surface area contributed by atoms with Gasteiger partial charge in [0.1, 0.15) is 0 Å². The molecular formula is C16H33N3O. The largest absolute Gasteiger partial charge is 0.308 e. The summed E-state index contributed by atoms with van der Waals surface area (Å²) in [6.45, 7) is 22.1. The van der Waals surface area contributed by atoms with E-state index in [9.17, 15) is 4.79 Å². The van der Waals surface area contributed by atoms with Crippen molar-refractivity contribution in [2.75, 3.05) is 26.2 Å². The summed E-state index contributed by atoms with van der Waals surface area (Å²) in [4.78, 5) is 19.1. The maximum atomic E-state index is 12.6. The molecule has 0 radical (unpaired) electrons. The summed E-state index contributed by atoms with van der Waals surface area (Å²) in [6, 6.07) is 0. The summed E-state index contributed by atoms with van der Waals surface area (Å²) in [5, 5.41) is 0. The fourth-order valence-corrected chi connectivity index (χ4v) is 2.73. The van der Waals surface area contributed by atoms with Crippen LogP contribution in [0.2, 0.25) is 0 Å². The van der Waals surface area contributed by atoms with Crippen LogP contribution in [0.4, 0.5) is 0 Å². The van der Waals surface area contributed by atoms with Gasteiger partial charge in [-0.05, 0) is 47.0 Å². The van der Waals surface area contributed by atoms with Crippen LogP contribution in [0.5, 0.6) is 0 Å². The molecule has 0 aliphatic carbocycles. The Kier molecular flexibility index (Phi) is 8.74. The summed E-state index contributed by atoms with van der Waals surface area (Å²) < 4.78 is 0. The molecule has 2 unspecified atom stereocenters. The van der Waals surface area contributed by atoms with Crippen LogP contribution in [-0.2, 0) is 4.79 Å².